The molecule has 3 N–H and O–H groups in total. The second-order valence-electron chi connectivity index (χ2n) is 4.52. The van der Waals surface area contributed by atoms with E-state index < -0.39 is 5.97 Å². The number of urea groups is 1. The zero-order valence-electron chi connectivity index (χ0n) is 10.7. The molecule has 0 aromatic heterocycles. The van der Waals surface area contributed by atoms with E-state index in [-0.39, 0.29) is 17.6 Å². The number of hydrogen-bond acceptors (Lipinski definition) is 2. The highest BCUT2D eigenvalue weighted by Gasteiger charge is 2.11. The van der Waals surface area contributed by atoms with Gasteiger partial charge in [0.15, 0.2) is 0 Å². The van der Waals surface area contributed by atoms with Crippen molar-refractivity contribution in [3.63, 3.8) is 0 Å². The minimum atomic E-state index is -1.02. The van der Waals surface area contributed by atoms with Crippen LogP contribution in [0.4, 0.5) is 10.5 Å². The van der Waals surface area contributed by atoms with E-state index in [1.54, 1.807) is 12.1 Å². The molecule has 1 atom stereocenters. The van der Waals surface area contributed by atoms with Crippen molar-refractivity contribution in [2.75, 3.05) is 5.32 Å². The van der Waals surface area contributed by atoms with Crippen LogP contribution in [0.3, 0.4) is 0 Å². The molecule has 0 aliphatic carbocycles. The Morgan fingerprint density at radius 3 is 2.44 bits per heavy atom. The zero-order valence-corrected chi connectivity index (χ0v) is 10.7. The highest BCUT2D eigenvalue weighted by molar-refractivity contribution is 5.93. The molecule has 18 heavy (non-hydrogen) atoms. The molecule has 98 valence electrons. The summed E-state index contributed by atoms with van der Waals surface area (Å²) in [5.74, 6) is -0.685. The van der Waals surface area contributed by atoms with E-state index in [0.29, 0.717) is 11.6 Å². The summed E-state index contributed by atoms with van der Waals surface area (Å²) in [6.45, 7) is 5.93. The van der Waals surface area contributed by atoms with Crippen LogP contribution < -0.4 is 10.6 Å². The fourth-order valence-corrected chi connectivity index (χ4v) is 1.27. The van der Waals surface area contributed by atoms with Gasteiger partial charge in [-0.2, -0.15) is 0 Å². The number of aromatic carboxylic acids is 1. The van der Waals surface area contributed by atoms with Gasteiger partial charge >= 0.3 is 12.0 Å². The summed E-state index contributed by atoms with van der Waals surface area (Å²) in [7, 11) is 0. The lowest BCUT2D eigenvalue weighted by molar-refractivity contribution is 0.0697. The molecule has 0 saturated heterocycles. The largest absolute Gasteiger partial charge is 0.478 e. The van der Waals surface area contributed by atoms with E-state index in [0.717, 1.165) is 0 Å². The molecule has 0 aliphatic rings. The second kappa shape index (κ2) is 6.05. The maximum atomic E-state index is 11.6. The summed E-state index contributed by atoms with van der Waals surface area (Å²) in [5, 5.41) is 14.2. The lowest BCUT2D eigenvalue weighted by Crippen LogP contribution is -2.39. The smallest absolute Gasteiger partial charge is 0.335 e. The standard InChI is InChI=1S/C13H18N2O3/c1-8(2)9(3)14-13(18)15-11-6-4-5-10(7-11)12(16)17/h4-9H,1-3H3,(H,16,17)(H2,14,15,18). The van der Waals surface area contributed by atoms with Gasteiger partial charge in [-0.25, -0.2) is 9.59 Å². The Kier molecular flexibility index (Phi) is 4.71. The third-order valence-electron chi connectivity index (χ3n) is 2.73. The predicted octanol–water partition coefficient (Wildman–Crippen LogP) is 2.55. The summed E-state index contributed by atoms with van der Waals surface area (Å²) in [6, 6.07) is 5.84. The Hall–Kier alpha value is -2.04. The molecule has 0 fully saturated rings. The maximum absolute atomic E-state index is 11.6. The summed E-state index contributed by atoms with van der Waals surface area (Å²) < 4.78 is 0. The fraction of sp³-hybridized carbons (Fsp3) is 0.385. The van der Waals surface area contributed by atoms with E-state index in [2.05, 4.69) is 10.6 Å². The molecule has 1 aromatic rings. The second-order valence-corrected chi connectivity index (χ2v) is 4.52. The van der Waals surface area contributed by atoms with E-state index >= 15 is 0 Å². The molecule has 5 heteroatoms. The van der Waals surface area contributed by atoms with Gasteiger partial charge in [0.05, 0.1) is 5.56 Å². The van der Waals surface area contributed by atoms with E-state index in [9.17, 15) is 9.59 Å². The first-order valence-corrected chi connectivity index (χ1v) is 5.81. The summed E-state index contributed by atoms with van der Waals surface area (Å²) in [4.78, 5) is 22.4. The third kappa shape index (κ3) is 4.08. The molecule has 0 bridgehead atoms. The molecule has 0 heterocycles. The molecular formula is C13H18N2O3. The van der Waals surface area contributed by atoms with Crippen LogP contribution >= 0.6 is 0 Å². The van der Waals surface area contributed by atoms with Crippen molar-refractivity contribution in [1.82, 2.24) is 5.32 Å². The Balaban J connectivity index is 2.65. The first-order chi connectivity index (χ1) is 8.40. The van der Waals surface area contributed by atoms with Crippen LogP contribution in [0.1, 0.15) is 31.1 Å². The number of benzene rings is 1. The molecule has 5 nitrogen and oxygen atoms in total. The number of carbonyl (C=O) groups is 2. The highest BCUT2D eigenvalue weighted by Crippen LogP contribution is 2.10. The zero-order chi connectivity index (χ0) is 13.7. The van der Waals surface area contributed by atoms with Crippen molar-refractivity contribution in [2.24, 2.45) is 5.92 Å². The number of rotatable bonds is 4. The number of anilines is 1. The summed E-state index contributed by atoms with van der Waals surface area (Å²) in [6.07, 6.45) is 0. The average molecular weight is 250 g/mol. The Bertz CT molecular complexity index is 444. The predicted molar refractivity (Wildman–Crippen MR) is 69.9 cm³/mol. The Labute approximate surface area is 106 Å². The van der Waals surface area contributed by atoms with Crippen molar-refractivity contribution in [1.29, 1.82) is 0 Å². The van der Waals surface area contributed by atoms with Crippen molar-refractivity contribution in [3.05, 3.63) is 29.8 Å². The molecule has 0 radical (unpaired) electrons. The van der Waals surface area contributed by atoms with Gasteiger partial charge in [-0.05, 0) is 31.0 Å². The molecule has 0 aliphatic heterocycles. The van der Waals surface area contributed by atoms with Gasteiger partial charge in [0.25, 0.3) is 0 Å². The first-order valence-electron chi connectivity index (χ1n) is 5.81. The van der Waals surface area contributed by atoms with Gasteiger partial charge in [0.1, 0.15) is 0 Å². The van der Waals surface area contributed by atoms with Gasteiger partial charge in [0, 0.05) is 11.7 Å². The Morgan fingerprint density at radius 1 is 1.22 bits per heavy atom. The lowest BCUT2D eigenvalue weighted by Gasteiger charge is -2.17. The van der Waals surface area contributed by atoms with Gasteiger partial charge in [-0.15, -0.1) is 0 Å². The topological polar surface area (TPSA) is 78.4 Å². The average Bonchev–Trinajstić information content (AvgIpc) is 2.28. The fourth-order valence-electron chi connectivity index (χ4n) is 1.27. The summed E-state index contributed by atoms with van der Waals surface area (Å²) >= 11 is 0. The van der Waals surface area contributed by atoms with Crippen molar-refractivity contribution >= 4 is 17.7 Å². The van der Waals surface area contributed by atoms with Crippen LogP contribution in [-0.4, -0.2) is 23.1 Å². The van der Waals surface area contributed by atoms with E-state index in [4.69, 9.17) is 5.11 Å². The van der Waals surface area contributed by atoms with Crippen molar-refractivity contribution in [2.45, 2.75) is 26.8 Å². The monoisotopic (exact) mass is 250 g/mol. The van der Waals surface area contributed by atoms with Crippen LogP contribution in [0, 0.1) is 5.92 Å². The third-order valence-corrected chi connectivity index (χ3v) is 2.73. The number of carboxylic acid groups (broad SMARTS) is 1. The molecular weight excluding hydrogens is 232 g/mol. The van der Waals surface area contributed by atoms with Crippen LogP contribution in [-0.2, 0) is 0 Å². The molecule has 0 saturated carbocycles. The number of carbonyl (C=O) groups excluding carboxylic acids is 1. The quantitative estimate of drug-likeness (QED) is 0.768. The van der Waals surface area contributed by atoms with Crippen molar-refractivity contribution in [3.8, 4) is 0 Å². The normalized spacial score (nSPS) is 12.0. The molecule has 1 rings (SSSR count). The number of carboxylic acids is 1. The lowest BCUT2D eigenvalue weighted by atomic mass is 10.1. The van der Waals surface area contributed by atoms with E-state index in [1.165, 1.54) is 12.1 Å². The van der Waals surface area contributed by atoms with Crippen LogP contribution in [0.25, 0.3) is 0 Å². The molecule has 2 amide bonds. The van der Waals surface area contributed by atoms with Gasteiger partial charge < -0.3 is 15.7 Å². The molecule has 1 unspecified atom stereocenters. The number of nitrogens with one attached hydrogen (secondary N) is 2. The molecule has 0 spiro atoms. The van der Waals surface area contributed by atoms with Crippen LogP contribution in [0.15, 0.2) is 24.3 Å². The highest BCUT2D eigenvalue weighted by atomic mass is 16.4. The summed E-state index contributed by atoms with van der Waals surface area (Å²) in [5.41, 5.74) is 0.605. The maximum Gasteiger partial charge on any atom is 0.335 e. The number of amides is 2. The van der Waals surface area contributed by atoms with Gasteiger partial charge in [0.2, 0.25) is 0 Å². The first kappa shape index (κ1) is 14.0. The number of hydrogen-bond donors (Lipinski definition) is 3. The Morgan fingerprint density at radius 2 is 1.89 bits per heavy atom. The van der Waals surface area contributed by atoms with Crippen molar-refractivity contribution < 1.29 is 14.7 Å². The van der Waals surface area contributed by atoms with Gasteiger partial charge in [-0.1, -0.05) is 19.9 Å². The minimum absolute atomic E-state index is 0.0488. The van der Waals surface area contributed by atoms with Crippen LogP contribution in [0.5, 0.6) is 0 Å². The minimum Gasteiger partial charge on any atom is -0.478 e. The van der Waals surface area contributed by atoms with E-state index in [1.807, 2.05) is 20.8 Å². The van der Waals surface area contributed by atoms with Crippen LogP contribution in [0.2, 0.25) is 0 Å². The molecule has 1 aromatic carbocycles. The SMILES string of the molecule is CC(C)C(C)NC(=O)Nc1cccc(C(=O)O)c1. The van der Waals surface area contributed by atoms with Gasteiger partial charge in [-0.3, -0.25) is 0 Å².